The molecule has 0 radical (unpaired) electrons. The number of hydrogen-bond donors (Lipinski definition) is 1. The van der Waals surface area contributed by atoms with Crippen molar-refractivity contribution in [2.24, 2.45) is 0 Å². The molecule has 1 aromatic heterocycles. The van der Waals surface area contributed by atoms with Gasteiger partial charge >= 0.3 is 0 Å². The molecule has 2 aromatic rings. The van der Waals surface area contributed by atoms with E-state index in [4.69, 9.17) is 4.74 Å². The van der Waals surface area contributed by atoms with Crippen LogP contribution in [-0.4, -0.2) is 40.7 Å². The standard InChI is InChI=1S/C18H21N3O2/c22-18(11-13-3-4-17-14(10-13)6-9-23-17)21-8-1-2-15(12-21)16-5-7-19-20-16/h3-5,7,10,15H,1-2,6,8-9,11-12H2,(H,19,20). The van der Waals surface area contributed by atoms with Gasteiger partial charge in [-0.25, -0.2) is 0 Å². The number of carbonyl (C=O) groups excluding carboxylic acids is 1. The van der Waals surface area contributed by atoms with Crippen LogP contribution in [0.5, 0.6) is 5.75 Å². The quantitative estimate of drug-likeness (QED) is 0.946. The van der Waals surface area contributed by atoms with Gasteiger partial charge in [-0.3, -0.25) is 9.89 Å². The van der Waals surface area contributed by atoms with E-state index in [0.717, 1.165) is 56.0 Å². The molecule has 1 saturated heterocycles. The van der Waals surface area contributed by atoms with Gasteiger partial charge in [0.1, 0.15) is 5.75 Å². The van der Waals surface area contributed by atoms with Gasteiger partial charge in [-0.1, -0.05) is 12.1 Å². The molecule has 2 aliphatic rings. The monoisotopic (exact) mass is 311 g/mol. The fourth-order valence-corrected chi connectivity index (χ4v) is 3.59. The molecule has 0 bridgehead atoms. The average Bonchev–Trinajstić information content (AvgIpc) is 3.26. The first-order chi connectivity index (χ1) is 11.3. The number of piperidine rings is 1. The van der Waals surface area contributed by atoms with E-state index in [2.05, 4.69) is 16.3 Å². The van der Waals surface area contributed by atoms with Crippen LogP contribution >= 0.6 is 0 Å². The summed E-state index contributed by atoms with van der Waals surface area (Å²) in [5.74, 6) is 1.56. The smallest absolute Gasteiger partial charge is 0.227 e. The van der Waals surface area contributed by atoms with Crippen molar-refractivity contribution in [2.75, 3.05) is 19.7 Å². The molecule has 1 fully saturated rings. The highest BCUT2D eigenvalue weighted by Crippen LogP contribution is 2.28. The topological polar surface area (TPSA) is 58.2 Å². The number of carbonyl (C=O) groups is 1. The van der Waals surface area contributed by atoms with Crippen LogP contribution in [0.1, 0.15) is 35.6 Å². The van der Waals surface area contributed by atoms with Crippen LogP contribution in [-0.2, 0) is 17.6 Å². The van der Waals surface area contributed by atoms with Gasteiger partial charge in [-0.2, -0.15) is 5.10 Å². The van der Waals surface area contributed by atoms with Crippen molar-refractivity contribution in [3.8, 4) is 5.75 Å². The van der Waals surface area contributed by atoms with E-state index in [1.165, 1.54) is 5.56 Å². The molecular formula is C18H21N3O2. The predicted molar refractivity (Wildman–Crippen MR) is 86.5 cm³/mol. The van der Waals surface area contributed by atoms with Gasteiger partial charge in [-0.05, 0) is 36.1 Å². The second kappa shape index (κ2) is 6.07. The zero-order chi connectivity index (χ0) is 15.6. The fourth-order valence-electron chi connectivity index (χ4n) is 3.59. The van der Waals surface area contributed by atoms with E-state index in [1.54, 1.807) is 6.20 Å². The van der Waals surface area contributed by atoms with E-state index in [-0.39, 0.29) is 5.91 Å². The Hall–Kier alpha value is -2.30. The lowest BCUT2D eigenvalue weighted by atomic mass is 9.94. The molecule has 1 amide bonds. The van der Waals surface area contributed by atoms with E-state index in [0.29, 0.717) is 12.3 Å². The highest BCUT2D eigenvalue weighted by atomic mass is 16.5. The number of fused-ring (bicyclic) bond motifs is 1. The van der Waals surface area contributed by atoms with Gasteiger partial charge < -0.3 is 9.64 Å². The molecule has 2 aliphatic heterocycles. The molecule has 1 unspecified atom stereocenters. The molecule has 3 heterocycles. The summed E-state index contributed by atoms with van der Waals surface area (Å²) in [7, 11) is 0. The van der Waals surface area contributed by atoms with Gasteiger partial charge in [0.2, 0.25) is 5.91 Å². The number of ether oxygens (including phenoxy) is 1. The molecule has 5 nitrogen and oxygen atoms in total. The number of nitrogens with one attached hydrogen (secondary N) is 1. The molecular weight excluding hydrogens is 290 g/mol. The summed E-state index contributed by atoms with van der Waals surface area (Å²) in [5, 5.41) is 7.07. The number of nitrogens with zero attached hydrogens (tertiary/aromatic N) is 2. The van der Waals surface area contributed by atoms with Crippen molar-refractivity contribution in [1.82, 2.24) is 15.1 Å². The third-order valence-corrected chi connectivity index (χ3v) is 4.85. The Labute approximate surface area is 135 Å². The number of amides is 1. The first-order valence-electron chi connectivity index (χ1n) is 8.31. The lowest BCUT2D eigenvalue weighted by Gasteiger charge is -2.32. The lowest BCUT2D eigenvalue weighted by molar-refractivity contribution is -0.131. The molecule has 23 heavy (non-hydrogen) atoms. The van der Waals surface area contributed by atoms with Gasteiger partial charge in [-0.15, -0.1) is 0 Å². The van der Waals surface area contributed by atoms with Crippen LogP contribution in [0.3, 0.4) is 0 Å². The average molecular weight is 311 g/mol. The Morgan fingerprint density at radius 3 is 3.22 bits per heavy atom. The van der Waals surface area contributed by atoms with Crippen molar-refractivity contribution < 1.29 is 9.53 Å². The van der Waals surface area contributed by atoms with Gasteiger partial charge in [0, 0.05) is 37.3 Å². The minimum absolute atomic E-state index is 0.216. The summed E-state index contributed by atoms with van der Waals surface area (Å²) >= 11 is 0. The maximum atomic E-state index is 12.7. The second-order valence-corrected chi connectivity index (χ2v) is 6.41. The predicted octanol–water partition coefficient (Wildman–Crippen LogP) is 2.29. The Bertz CT molecular complexity index is 696. The molecule has 1 atom stereocenters. The van der Waals surface area contributed by atoms with Crippen LogP contribution in [0.4, 0.5) is 0 Å². The summed E-state index contributed by atoms with van der Waals surface area (Å²) in [5.41, 5.74) is 3.45. The van der Waals surface area contributed by atoms with Crippen molar-refractivity contribution in [1.29, 1.82) is 0 Å². The van der Waals surface area contributed by atoms with E-state index in [9.17, 15) is 4.79 Å². The van der Waals surface area contributed by atoms with Crippen LogP contribution in [0.25, 0.3) is 0 Å². The minimum atomic E-state index is 0.216. The first kappa shape index (κ1) is 14.3. The molecule has 0 aliphatic carbocycles. The van der Waals surface area contributed by atoms with E-state index < -0.39 is 0 Å². The summed E-state index contributed by atoms with van der Waals surface area (Å²) in [6.07, 6.45) is 5.37. The Kier molecular flexibility index (Phi) is 3.77. The Balaban J connectivity index is 1.42. The highest BCUT2D eigenvalue weighted by Gasteiger charge is 2.25. The van der Waals surface area contributed by atoms with Crippen molar-refractivity contribution in [2.45, 2.75) is 31.6 Å². The molecule has 120 valence electrons. The van der Waals surface area contributed by atoms with Crippen LogP contribution < -0.4 is 4.74 Å². The molecule has 1 N–H and O–H groups in total. The number of aromatic nitrogens is 2. The van der Waals surface area contributed by atoms with Crippen molar-refractivity contribution in [3.63, 3.8) is 0 Å². The molecule has 1 aromatic carbocycles. The number of benzene rings is 1. The number of hydrogen-bond acceptors (Lipinski definition) is 3. The molecule has 4 rings (SSSR count). The number of likely N-dealkylation sites (tertiary alicyclic amines) is 1. The normalized spacial score (nSPS) is 20.2. The summed E-state index contributed by atoms with van der Waals surface area (Å²) in [4.78, 5) is 14.7. The van der Waals surface area contributed by atoms with E-state index in [1.807, 2.05) is 23.1 Å². The van der Waals surface area contributed by atoms with Crippen molar-refractivity contribution >= 4 is 5.91 Å². The number of rotatable bonds is 3. The van der Waals surface area contributed by atoms with Crippen LogP contribution in [0, 0.1) is 0 Å². The van der Waals surface area contributed by atoms with Gasteiger partial charge in [0.25, 0.3) is 0 Å². The third-order valence-electron chi connectivity index (χ3n) is 4.85. The minimum Gasteiger partial charge on any atom is -0.493 e. The summed E-state index contributed by atoms with van der Waals surface area (Å²) in [6, 6.07) is 8.14. The van der Waals surface area contributed by atoms with Crippen LogP contribution in [0.2, 0.25) is 0 Å². The fraction of sp³-hybridized carbons (Fsp3) is 0.444. The number of H-pyrrole nitrogens is 1. The zero-order valence-electron chi connectivity index (χ0n) is 13.1. The lowest BCUT2D eigenvalue weighted by Crippen LogP contribution is -2.40. The van der Waals surface area contributed by atoms with E-state index >= 15 is 0 Å². The molecule has 0 saturated carbocycles. The van der Waals surface area contributed by atoms with Gasteiger partial charge in [0.15, 0.2) is 0 Å². The molecule has 5 heteroatoms. The first-order valence-corrected chi connectivity index (χ1v) is 8.31. The number of aromatic amines is 1. The van der Waals surface area contributed by atoms with Gasteiger partial charge in [0.05, 0.1) is 13.0 Å². The largest absolute Gasteiger partial charge is 0.493 e. The Morgan fingerprint density at radius 2 is 2.35 bits per heavy atom. The maximum absolute atomic E-state index is 12.7. The summed E-state index contributed by atoms with van der Waals surface area (Å²) in [6.45, 7) is 2.40. The van der Waals surface area contributed by atoms with Crippen molar-refractivity contribution in [3.05, 3.63) is 47.3 Å². The highest BCUT2D eigenvalue weighted by molar-refractivity contribution is 5.79. The second-order valence-electron chi connectivity index (χ2n) is 6.41. The molecule has 0 spiro atoms. The maximum Gasteiger partial charge on any atom is 0.227 e. The Morgan fingerprint density at radius 1 is 1.39 bits per heavy atom. The SMILES string of the molecule is O=C(Cc1ccc2c(c1)CCO2)N1CCCC(c2ccn[nH]2)C1. The zero-order valence-corrected chi connectivity index (χ0v) is 13.1. The summed E-state index contributed by atoms with van der Waals surface area (Å²) < 4.78 is 5.53. The third kappa shape index (κ3) is 2.96. The van der Waals surface area contributed by atoms with Crippen LogP contribution in [0.15, 0.2) is 30.5 Å².